The van der Waals surface area contributed by atoms with Crippen LogP contribution >= 0.6 is 0 Å². The fourth-order valence-corrected chi connectivity index (χ4v) is 3.36. The van der Waals surface area contributed by atoms with E-state index in [1.54, 1.807) is 0 Å². The molecule has 0 aromatic heterocycles. The normalized spacial score (nSPS) is 24.1. The summed E-state index contributed by atoms with van der Waals surface area (Å²) in [4.78, 5) is 5.17. The van der Waals surface area contributed by atoms with Gasteiger partial charge < -0.3 is 10.2 Å². The molecular weight excluding hydrogens is 222 g/mol. The minimum atomic E-state index is 0. The molecule has 3 heteroatoms. The third-order valence-electron chi connectivity index (χ3n) is 4.38. The number of rotatable bonds is 6. The van der Waals surface area contributed by atoms with Gasteiger partial charge in [0.2, 0.25) is 0 Å². The van der Waals surface area contributed by atoms with E-state index in [9.17, 15) is 0 Å². The third kappa shape index (κ3) is 3.56. The van der Waals surface area contributed by atoms with E-state index >= 15 is 0 Å². The van der Waals surface area contributed by atoms with E-state index in [1.165, 1.54) is 51.1 Å². The summed E-state index contributed by atoms with van der Waals surface area (Å²) in [5.41, 5.74) is 1.96. The van der Waals surface area contributed by atoms with Crippen LogP contribution in [0.2, 0.25) is 0 Å². The van der Waals surface area contributed by atoms with Gasteiger partial charge in [-0.15, -0.1) is 0 Å². The first-order valence-electron chi connectivity index (χ1n) is 7.43. The first kappa shape index (κ1) is 14.0. The zero-order chi connectivity index (χ0) is 13.0. The lowest BCUT2D eigenvalue weighted by molar-refractivity contribution is -0.0437. The number of likely N-dealkylation sites (N-methyl/N-ethyl adjacent to an activating group) is 1. The van der Waals surface area contributed by atoms with E-state index in [4.69, 9.17) is 0 Å². The Bertz CT molecular complexity index is 277. The van der Waals surface area contributed by atoms with E-state index < -0.39 is 0 Å². The van der Waals surface area contributed by atoms with Crippen molar-refractivity contribution in [3.8, 4) is 0 Å². The number of nitrogens with zero attached hydrogens (tertiary/aromatic N) is 2. The number of nitrogens with one attached hydrogen (secondary N) is 1. The quantitative estimate of drug-likeness (QED) is 0.575. The monoisotopic (exact) mass is 253 g/mol. The van der Waals surface area contributed by atoms with Crippen LogP contribution in [0.1, 0.15) is 28.1 Å². The SMILES string of the molecule is C=C(C)CN1CCC2(CC1)CN(CCNCC)C2.[HH]. The summed E-state index contributed by atoms with van der Waals surface area (Å²) < 4.78 is 0. The first-order valence-corrected chi connectivity index (χ1v) is 7.43. The summed E-state index contributed by atoms with van der Waals surface area (Å²) in [5.74, 6) is 0. The Labute approximate surface area is 114 Å². The van der Waals surface area contributed by atoms with Crippen LogP contribution < -0.4 is 5.32 Å². The topological polar surface area (TPSA) is 18.5 Å². The molecule has 0 atom stereocenters. The van der Waals surface area contributed by atoms with Gasteiger partial charge in [-0.1, -0.05) is 19.1 Å². The Hall–Kier alpha value is -0.380. The van der Waals surface area contributed by atoms with Gasteiger partial charge in [0.25, 0.3) is 0 Å². The maximum absolute atomic E-state index is 4.02. The Kier molecular flexibility index (Phi) is 4.82. The fraction of sp³-hybridized carbons (Fsp3) is 0.867. The molecule has 2 saturated heterocycles. The van der Waals surface area contributed by atoms with Gasteiger partial charge >= 0.3 is 0 Å². The summed E-state index contributed by atoms with van der Waals surface area (Å²) in [6, 6.07) is 0. The van der Waals surface area contributed by atoms with Crippen LogP contribution in [-0.4, -0.2) is 62.2 Å². The molecule has 2 fully saturated rings. The van der Waals surface area contributed by atoms with Crippen molar-refractivity contribution in [3.05, 3.63) is 12.2 Å². The van der Waals surface area contributed by atoms with Crippen molar-refractivity contribution in [2.45, 2.75) is 26.7 Å². The number of likely N-dealkylation sites (tertiary alicyclic amines) is 2. The van der Waals surface area contributed by atoms with Crippen molar-refractivity contribution in [2.24, 2.45) is 5.41 Å². The molecule has 0 bridgehead atoms. The zero-order valence-corrected chi connectivity index (χ0v) is 12.2. The van der Waals surface area contributed by atoms with E-state index in [-0.39, 0.29) is 1.43 Å². The average molecular weight is 253 g/mol. The molecule has 2 heterocycles. The molecule has 0 aliphatic carbocycles. The molecule has 0 amide bonds. The summed E-state index contributed by atoms with van der Waals surface area (Å²) in [7, 11) is 0. The fourth-order valence-electron chi connectivity index (χ4n) is 3.36. The van der Waals surface area contributed by atoms with Crippen molar-refractivity contribution in [2.75, 3.05) is 52.4 Å². The summed E-state index contributed by atoms with van der Waals surface area (Å²) >= 11 is 0. The van der Waals surface area contributed by atoms with E-state index in [1.807, 2.05) is 0 Å². The molecule has 2 aliphatic heterocycles. The van der Waals surface area contributed by atoms with Gasteiger partial charge in [-0.2, -0.15) is 0 Å². The van der Waals surface area contributed by atoms with E-state index in [0.29, 0.717) is 5.41 Å². The molecule has 2 aliphatic rings. The van der Waals surface area contributed by atoms with Crippen LogP contribution in [-0.2, 0) is 0 Å². The largest absolute Gasteiger partial charge is 0.316 e. The zero-order valence-electron chi connectivity index (χ0n) is 12.2. The number of piperidine rings is 1. The lowest BCUT2D eigenvalue weighted by Gasteiger charge is -2.54. The van der Waals surface area contributed by atoms with Gasteiger partial charge in [0, 0.05) is 34.2 Å². The minimum absolute atomic E-state index is 0. The summed E-state index contributed by atoms with van der Waals surface area (Å²) in [6.07, 6.45) is 2.77. The number of hydrogen-bond acceptors (Lipinski definition) is 3. The van der Waals surface area contributed by atoms with Crippen LogP contribution in [0.5, 0.6) is 0 Å². The van der Waals surface area contributed by atoms with Crippen molar-refractivity contribution < 1.29 is 1.43 Å². The van der Waals surface area contributed by atoms with Gasteiger partial charge in [-0.05, 0) is 44.8 Å². The molecule has 18 heavy (non-hydrogen) atoms. The van der Waals surface area contributed by atoms with E-state index in [2.05, 4.69) is 35.5 Å². The molecule has 0 aromatic rings. The number of hydrogen-bond donors (Lipinski definition) is 1. The molecular formula is C15H31N3. The second kappa shape index (κ2) is 6.18. The van der Waals surface area contributed by atoms with Crippen LogP contribution in [0, 0.1) is 5.41 Å². The van der Waals surface area contributed by atoms with Crippen molar-refractivity contribution in [3.63, 3.8) is 0 Å². The van der Waals surface area contributed by atoms with Crippen molar-refractivity contribution >= 4 is 0 Å². The second-order valence-electron chi connectivity index (χ2n) is 6.30. The molecule has 0 radical (unpaired) electrons. The van der Waals surface area contributed by atoms with Crippen LogP contribution in [0.25, 0.3) is 0 Å². The minimum Gasteiger partial charge on any atom is -0.316 e. The molecule has 2 rings (SSSR count). The highest BCUT2D eigenvalue weighted by Gasteiger charge is 2.44. The van der Waals surface area contributed by atoms with Gasteiger partial charge in [-0.3, -0.25) is 4.90 Å². The highest BCUT2D eigenvalue weighted by molar-refractivity contribution is 5.00. The molecule has 1 N–H and O–H groups in total. The first-order chi connectivity index (χ1) is 8.63. The molecule has 0 saturated carbocycles. The second-order valence-corrected chi connectivity index (χ2v) is 6.30. The lowest BCUT2D eigenvalue weighted by atomic mass is 9.72. The Balaban J connectivity index is 0.00000180. The van der Waals surface area contributed by atoms with Crippen molar-refractivity contribution in [1.82, 2.24) is 15.1 Å². The van der Waals surface area contributed by atoms with Crippen LogP contribution in [0.15, 0.2) is 12.2 Å². The molecule has 1 spiro atoms. The average Bonchev–Trinajstić information content (AvgIpc) is 2.29. The predicted molar refractivity (Wildman–Crippen MR) is 80.0 cm³/mol. The molecule has 3 nitrogen and oxygen atoms in total. The summed E-state index contributed by atoms with van der Waals surface area (Å²) in [5, 5.41) is 3.41. The van der Waals surface area contributed by atoms with Gasteiger partial charge in [-0.25, -0.2) is 0 Å². The van der Waals surface area contributed by atoms with Crippen LogP contribution in [0.3, 0.4) is 0 Å². The molecule has 0 aromatic carbocycles. The van der Waals surface area contributed by atoms with Crippen LogP contribution in [0.4, 0.5) is 0 Å². The van der Waals surface area contributed by atoms with E-state index in [0.717, 1.165) is 19.6 Å². The smallest absolute Gasteiger partial charge is 0.0187 e. The van der Waals surface area contributed by atoms with Gasteiger partial charge in [0.15, 0.2) is 0 Å². The lowest BCUT2D eigenvalue weighted by Crippen LogP contribution is -2.61. The Morgan fingerprint density at radius 3 is 2.50 bits per heavy atom. The van der Waals surface area contributed by atoms with Crippen molar-refractivity contribution in [1.29, 1.82) is 0 Å². The maximum atomic E-state index is 4.02. The van der Waals surface area contributed by atoms with Gasteiger partial charge in [0.1, 0.15) is 0 Å². The molecule has 0 unspecified atom stereocenters. The molecule has 106 valence electrons. The highest BCUT2D eigenvalue weighted by Crippen LogP contribution is 2.40. The Morgan fingerprint density at radius 2 is 1.94 bits per heavy atom. The summed E-state index contributed by atoms with van der Waals surface area (Å²) in [6.45, 7) is 18.1. The third-order valence-corrected chi connectivity index (χ3v) is 4.38. The van der Waals surface area contributed by atoms with Gasteiger partial charge in [0.05, 0.1) is 0 Å². The Morgan fingerprint density at radius 1 is 1.28 bits per heavy atom. The maximum Gasteiger partial charge on any atom is 0.0187 e. The standard InChI is InChI=1S/C15H29N3.H2/c1-4-16-7-10-18-12-15(13-18)5-8-17(9-6-15)11-14(2)3;/h16H,2,4-13H2,1,3H3;1H. The highest BCUT2D eigenvalue weighted by atomic mass is 15.2. The predicted octanol–water partition coefficient (Wildman–Crippen LogP) is 1.82.